The second-order valence-corrected chi connectivity index (χ2v) is 7.21. The molecule has 0 unspecified atom stereocenters. The average Bonchev–Trinajstić information content (AvgIpc) is 2.70. The Morgan fingerprint density at radius 3 is 2.54 bits per heavy atom. The summed E-state index contributed by atoms with van der Waals surface area (Å²) in [6, 6.07) is 17.7. The van der Waals surface area contributed by atoms with Gasteiger partial charge >= 0.3 is 6.03 Å². The van der Waals surface area contributed by atoms with Crippen LogP contribution in [0.1, 0.15) is 18.4 Å². The van der Waals surface area contributed by atoms with Crippen molar-refractivity contribution in [2.24, 2.45) is 5.84 Å². The zero-order chi connectivity index (χ0) is 18.4. The van der Waals surface area contributed by atoms with E-state index in [0.29, 0.717) is 18.9 Å². The molecular weight excluding hydrogens is 348 g/mol. The average molecular weight is 368 g/mol. The number of rotatable bonds is 4. The van der Waals surface area contributed by atoms with E-state index in [1.54, 1.807) is 11.8 Å². The van der Waals surface area contributed by atoms with E-state index in [2.05, 4.69) is 17.5 Å². The van der Waals surface area contributed by atoms with Crippen molar-refractivity contribution in [3.63, 3.8) is 0 Å². The second-order valence-electron chi connectivity index (χ2n) is 6.06. The van der Waals surface area contributed by atoms with Crippen molar-refractivity contribution < 1.29 is 9.53 Å². The Hall–Kier alpha value is -2.53. The van der Waals surface area contributed by atoms with Crippen LogP contribution >= 0.6 is 11.8 Å². The molecule has 0 bridgehead atoms. The molecule has 1 fully saturated rings. The summed E-state index contributed by atoms with van der Waals surface area (Å²) in [6.07, 6.45) is 1.45. The maximum absolute atomic E-state index is 11.2. The van der Waals surface area contributed by atoms with E-state index in [4.69, 9.17) is 10.6 Å². The van der Waals surface area contributed by atoms with Gasteiger partial charge in [-0.25, -0.2) is 10.6 Å². The molecule has 0 atom stereocenters. The van der Waals surface area contributed by atoms with E-state index in [9.17, 15) is 10.1 Å². The Kier molecular flexibility index (Phi) is 5.78. The molecule has 4 N–H and O–H groups in total. The molecule has 0 radical (unpaired) electrons. The summed E-state index contributed by atoms with van der Waals surface area (Å²) in [5.41, 5.74) is 3.27. The lowest BCUT2D eigenvalue weighted by molar-refractivity contribution is 0.0675. The van der Waals surface area contributed by atoms with E-state index >= 15 is 0 Å². The van der Waals surface area contributed by atoms with Crippen LogP contribution in [0, 0.1) is 11.3 Å². The molecule has 2 amide bonds. The van der Waals surface area contributed by atoms with Crippen molar-refractivity contribution in [1.29, 1.82) is 5.26 Å². The number of benzene rings is 2. The Bertz CT molecular complexity index is 811. The number of urea groups is 1. The molecule has 6 nitrogen and oxygen atoms in total. The quantitative estimate of drug-likeness (QED) is 0.436. The van der Waals surface area contributed by atoms with Crippen molar-refractivity contribution in [3.05, 3.63) is 54.1 Å². The number of nitriles is 1. The SMILES string of the molecule is N#CC1(c2cccc(Sc3ccc(NC(=O)NN)cc3)c2)CCOCC1. The molecule has 0 aliphatic carbocycles. The van der Waals surface area contributed by atoms with Crippen LogP contribution in [0.3, 0.4) is 0 Å². The van der Waals surface area contributed by atoms with E-state index in [1.807, 2.05) is 47.9 Å². The van der Waals surface area contributed by atoms with E-state index in [-0.39, 0.29) is 0 Å². The Labute approximate surface area is 156 Å². The van der Waals surface area contributed by atoms with Gasteiger partial charge in [0, 0.05) is 28.7 Å². The summed E-state index contributed by atoms with van der Waals surface area (Å²) in [5.74, 6) is 5.05. The van der Waals surface area contributed by atoms with Crippen LogP contribution in [0.15, 0.2) is 58.3 Å². The zero-order valence-electron chi connectivity index (χ0n) is 14.2. The van der Waals surface area contributed by atoms with Crippen LogP contribution in [-0.4, -0.2) is 19.2 Å². The molecule has 1 saturated heterocycles. The van der Waals surface area contributed by atoms with Gasteiger partial charge in [0.2, 0.25) is 0 Å². The molecular formula is C19H20N4O2S. The van der Waals surface area contributed by atoms with Crippen molar-refractivity contribution in [2.75, 3.05) is 18.5 Å². The molecule has 26 heavy (non-hydrogen) atoms. The van der Waals surface area contributed by atoms with Crippen molar-refractivity contribution in [2.45, 2.75) is 28.0 Å². The number of hydrogen-bond acceptors (Lipinski definition) is 5. The fraction of sp³-hybridized carbons (Fsp3) is 0.263. The summed E-state index contributed by atoms with van der Waals surface area (Å²) in [4.78, 5) is 13.3. The highest BCUT2D eigenvalue weighted by Crippen LogP contribution is 2.37. The van der Waals surface area contributed by atoms with Crippen LogP contribution in [0.4, 0.5) is 10.5 Å². The second kappa shape index (κ2) is 8.23. The van der Waals surface area contributed by atoms with Gasteiger partial charge in [0.1, 0.15) is 0 Å². The fourth-order valence-electron chi connectivity index (χ4n) is 2.95. The number of hydrogen-bond donors (Lipinski definition) is 3. The van der Waals surface area contributed by atoms with Crippen molar-refractivity contribution in [3.8, 4) is 6.07 Å². The van der Waals surface area contributed by atoms with Gasteiger partial charge in [0.05, 0.1) is 11.5 Å². The van der Waals surface area contributed by atoms with E-state index < -0.39 is 11.4 Å². The molecule has 3 rings (SSSR count). The summed E-state index contributed by atoms with van der Waals surface area (Å²) in [7, 11) is 0. The third kappa shape index (κ3) is 4.17. The minimum absolute atomic E-state index is 0.460. The first-order chi connectivity index (χ1) is 12.6. The highest BCUT2D eigenvalue weighted by atomic mass is 32.2. The molecule has 7 heteroatoms. The molecule has 0 aromatic heterocycles. The highest BCUT2D eigenvalue weighted by molar-refractivity contribution is 7.99. The van der Waals surface area contributed by atoms with Gasteiger partial charge in [-0.2, -0.15) is 5.26 Å². The third-order valence-corrected chi connectivity index (χ3v) is 5.42. The lowest BCUT2D eigenvalue weighted by atomic mass is 9.75. The van der Waals surface area contributed by atoms with E-state index in [0.717, 1.165) is 28.2 Å². The predicted molar refractivity (Wildman–Crippen MR) is 101 cm³/mol. The van der Waals surface area contributed by atoms with Crippen LogP contribution in [0.5, 0.6) is 0 Å². The van der Waals surface area contributed by atoms with Gasteiger partial charge in [-0.1, -0.05) is 23.9 Å². The Balaban J connectivity index is 1.75. The topological polar surface area (TPSA) is 100 Å². The Morgan fingerprint density at radius 2 is 1.88 bits per heavy atom. The number of hydrazine groups is 1. The van der Waals surface area contributed by atoms with Gasteiger partial charge < -0.3 is 10.1 Å². The Morgan fingerprint density at radius 1 is 1.15 bits per heavy atom. The fourth-order valence-corrected chi connectivity index (χ4v) is 3.83. The number of carbonyl (C=O) groups excluding carboxylic acids is 1. The molecule has 0 spiro atoms. The summed E-state index contributed by atoms with van der Waals surface area (Å²) < 4.78 is 5.42. The summed E-state index contributed by atoms with van der Waals surface area (Å²) in [5, 5.41) is 12.4. The minimum atomic E-state index is -0.462. The molecule has 2 aromatic carbocycles. The van der Waals surface area contributed by atoms with Crippen LogP contribution in [0.25, 0.3) is 0 Å². The molecule has 134 valence electrons. The number of carbonyl (C=O) groups is 1. The molecule has 1 heterocycles. The van der Waals surface area contributed by atoms with Crippen LogP contribution < -0.4 is 16.6 Å². The van der Waals surface area contributed by atoms with Gasteiger partial charge in [-0.05, 0) is 54.8 Å². The zero-order valence-corrected chi connectivity index (χ0v) is 15.0. The van der Waals surface area contributed by atoms with Crippen LogP contribution in [0.2, 0.25) is 0 Å². The lowest BCUT2D eigenvalue weighted by Crippen LogP contribution is -2.34. The number of nitrogens with zero attached hydrogens (tertiary/aromatic N) is 1. The summed E-state index contributed by atoms with van der Waals surface area (Å²) >= 11 is 1.61. The lowest BCUT2D eigenvalue weighted by Gasteiger charge is -2.31. The van der Waals surface area contributed by atoms with Crippen molar-refractivity contribution >= 4 is 23.5 Å². The molecule has 2 aromatic rings. The molecule has 0 saturated carbocycles. The number of anilines is 1. The standard InChI is InChI=1S/C19H20N4O2S/c20-13-19(8-10-25-11-9-19)14-2-1-3-17(12-14)26-16-6-4-15(5-7-16)22-18(24)23-21/h1-7,12H,8-11,21H2,(H2,22,23,24). The third-order valence-electron chi connectivity index (χ3n) is 4.43. The smallest absolute Gasteiger partial charge is 0.333 e. The molecule has 1 aliphatic heterocycles. The van der Waals surface area contributed by atoms with Gasteiger partial charge in [-0.3, -0.25) is 5.43 Å². The number of ether oxygens (including phenoxy) is 1. The van der Waals surface area contributed by atoms with Gasteiger partial charge in [-0.15, -0.1) is 0 Å². The van der Waals surface area contributed by atoms with E-state index in [1.165, 1.54) is 0 Å². The van der Waals surface area contributed by atoms with Gasteiger partial charge in [0.15, 0.2) is 0 Å². The minimum Gasteiger partial charge on any atom is -0.381 e. The largest absolute Gasteiger partial charge is 0.381 e. The highest BCUT2D eigenvalue weighted by Gasteiger charge is 2.34. The maximum Gasteiger partial charge on any atom is 0.333 e. The first kappa shape index (κ1) is 18.3. The summed E-state index contributed by atoms with van der Waals surface area (Å²) in [6.45, 7) is 1.24. The van der Waals surface area contributed by atoms with Crippen LogP contribution in [-0.2, 0) is 10.2 Å². The first-order valence-electron chi connectivity index (χ1n) is 8.30. The van der Waals surface area contributed by atoms with Gasteiger partial charge in [0.25, 0.3) is 0 Å². The predicted octanol–water partition coefficient (Wildman–Crippen LogP) is 3.40. The molecule has 1 aliphatic rings. The van der Waals surface area contributed by atoms with Crippen molar-refractivity contribution in [1.82, 2.24) is 5.43 Å². The maximum atomic E-state index is 11.2. The normalized spacial score (nSPS) is 15.7. The number of amides is 2. The number of nitrogens with one attached hydrogen (secondary N) is 2. The first-order valence-corrected chi connectivity index (χ1v) is 9.12. The number of nitrogens with two attached hydrogens (primary N) is 1. The monoisotopic (exact) mass is 368 g/mol.